The Kier molecular flexibility index (Phi) is 3.96. The van der Waals surface area contributed by atoms with Crippen molar-refractivity contribution in [1.29, 1.82) is 5.26 Å². The van der Waals surface area contributed by atoms with Crippen LogP contribution in [-0.4, -0.2) is 0 Å². The highest BCUT2D eigenvalue weighted by Crippen LogP contribution is 2.37. The molecule has 0 fully saturated rings. The first-order valence-corrected chi connectivity index (χ1v) is 7.82. The third-order valence-electron chi connectivity index (χ3n) is 3.11. The molecule has 3 aromatic rings. The molecule has 4 heteroatoms. The molecule has 0 aliphatic heterocycles. The molecular formula is C17H9Br2NO. The van der Waals surface area contributed by atoms with E-state index in [4.69, 9.17) is 4.74 Å². The number of benzene rings is 3. The van der Waals surface area contributed by atoms with Gasteiger partial charge in [0.2, 0.25) is 0 Å². The zero-order valence-corrected chi connectivity index (χ0v) is 14.0. The first kappa shape index (κ1) is 14.1. The lowest BCUT2D eigenvalue weighted by Gasteiger charge is -2.11. The average Bonchev–Trinajstić information content (AvgIpc) is 2.51. The number of nitriles is 1. The molecule has 0 atom stereocenters. The van der Waals surface area contributed by atoms with E-state index < -0.39 is 0 Å². The summed E-state index contributed by atoms with van der Waals surface area (Å²) in [5.74, 6) is 1.23. The summed E-state index contributed by atoms with van der Waals surface area (Å²) in [6, 6.07) is 19.5. The number of halogens is 2. The molecule has 3 rings (SSSR count). The maximum absolute atomic E-state index is 9.20. The quantitative estimate of drug-likeness (QED) is 0.524. The molecule has 0 aliphatic rings. The van der Waals surface area contributed by atoms with Crippen LogP contribution in [0.3, 0.4) is 0 Å². The van der Waals surface area contributed by atoms with Gasteiger partial charge in [-0.05, 0) is 51.0 Å². The first-order valence-electron chi connectivity index (χ1n) is 6.24. The van der Waals surface area contributed by atoms with Crippen LogP contribution in [0.4, 0.5) is 0 Å². The van der Waals surface area contributed by atoms with Crippen LogP contribution in [0.5, 0.6) is 11.5 Å². The molecule has 2 nitrogen and oxygen atoms in total. The van der Waals surface area contributed by atoms with E-state index >= 15 is 0 Å². The van der Waals surface area contributed by atoms with Crippen molar-refractivity contribution in [2.45, 2.75) is 0 Å². The molecule has 0 spiro atoms. The van der Waals surface area contributed by atoms with Gasteiger partial charge in [0, 0.05) is 4.47 Å². The van der Waals surface area contributed by atoms with E-state index in [0.717, 1.165) is 19.7 Å². The molecule has 0 unspecified atom stereocenters. The van der Waals surface area contributed by atoms with Crippen LogP contribution >= 0.6 is 31.9 Å². The predicted octanol–water partition coefficient (Wildman–Crippen LogP) is 6.03. The molecule has 0 bridgehead atoms. The largest absolute Gasteiger partial charge is 0.455 e. The minimum atomic E-state index is 0.490. The molecule has 21 heavy (non-hydrogen) atoms. The van der Waals surface area contributed by atoms with Crippen molar-refractivity contribution in [2.24, 2.45) is 0 Å². The minimum absolute atomic E-state index is 0.490. The van der Waals surface area contributed by atoms with Crippen LogP contribution in [-0.2, 0) is 0 Å². The molecule has 0 radical (unpaired) electrons. The monoisotopic (exact) mass is 401 g/mol. The Morgan fingerprint density at radius 2 is 1.67 bits per heavy atom. The zero-order valence-electron chi connectivity index (χ0n) is 10.8. The molecule has 0 N–H and O–H groups in total. The normalized spacial score (nSPS) is 10.3. The van der Waals surface area contributed by atoms with Crippen molar-refractivity contribution < 1.29 is 4.74 Å². The number of nitrogens with zero attached hydrogens (tertiary/aromatic N) is 1. The van der Waals surface area contributed by atoms with Gasteiger partial charge in [-0.15, -0.1) is 0 Å². The first-order chi connectivity index (χ1) is 10.2. The van der Waals surface area contributed by atoms with Crippen molar-refractivity contribution in [1.82, 2.24) is 0 Å². The molecular weight excluding hydrogens is 394 g/mol. The molecule has 0 amide bonds. The molecule has 0 saturated heterocycles. The second-order valence-corrected chi connectivity index (χ2v) is 6.16. The Morgan fingerprint density at radius 3 is 2.48 bits per heavy atom. The van der Waals surface area contributed by atoms with E-state index in [0.29, 0.717) is 17.1 Å². The van der Waals surface area contributed by atoms with Gasteiger partial charge in [0.15, 0.2) is 0 Å². The topological polar surface area (TPSA) is 33.0 Å². The van der Waals surface area contributed by atoms with Gasteiger partial charge in [-0.1, -0.05) is 46.3 Å². The van der Waals surface area contributed by atoms with Gasteiger partial charge in [-0.25, -0.2) is 0 Å². The van der Waals surface area contributed by atoms with Gasteiger partial charge < -0.3 is 4.74 Å². The highest BCUT2D eigenvalue weighted by Gasteiger charge is 2.10. The number of rotatable bonds is 2. The molecule has 0 heterocycles. The van der Waals surface area contributed by atoms with Gasteiger partial charge in [-0.3, -0.25) is 0 Å². The molecule has 3 aromatic carbocycles. The van der Waals surface area contributed by atoms with E-state index in [1.54, 1.807) is 12.1 Å². The fourth-order valence-electron chi connectivity index (χ4n) is 2.09. The third-order valence-corrected chi connectivity index (χ3v) is 4.42. The third kappa shape index (κ3) is 2.80. The van der Waals surface area contributed by atoms with E-state index in [1.807, 2.05) is 42.5 Å². The van der Waals surface area contributed by atoms with Gasteiger partial charge in [0.25, 0.3) is 0 Å². The summed E-state index contributed by atoms with van der Waals surface area (Å²) < 4.78 is 7.64. The Labute approximate surface area is 139 Å². The lowest BCUT2D eigenvalue weighted by atomic mass is 10.1. The summed E-state index contributed by atoms with van der Waals surface area (Å²) in [5.41, 5.74) is 0.490. The molecule has 0 saturated carbocycles. The van der Waals surface area contributed by atoms with Crippen molar-refractivity contribution in [3.63, 3.8) is 0 Å². The average molecular weight is 403 g/mol. The van der Waals surface area contributed by atoms with Gasteiger partial charge in [0.1, 0.15) is 17.6 Å². The van der Waals surface area contributed by atoms with Crippen LogP contribution in [0, 0.1) is 11.3 Å². The van der Waals surface area contributed by atoms with Crippen LogP contribution < -0.4 is 4.74 Å². The standard InChI is InChI=1S/C17H9Br2NO/c18-13-6-8-15(12(9-13)10-20)21-16-7-5-11-3-1-2-4-14(11)17(16)19/h1-9H. The van der Waals surface area contributed by atoms with Gasteiger partial charge >= 0.3 is 0 Å². The van der Waals surface area contributed by atoms with Gasteiger partial charge in [0.05, 0.1) is 10.0 Å². The highest BCUT2D eigenvalue weighted by atomic mass is 79.9. The SMILES string of the molecule is N#Cc1cc(Br)ccc1Oc1ccc2ccccc2c1Br. The second-order valence-electron chi connectivity index (χ2n) is 4.45. The van der Waals surface area contributed by atoms with Crippen LogP contribution in [0.15, 0.2) is 63.5 Å². The fraction of sp³-hybridized carbons (Fsp3) is 0. The van der Waals surface area contributed by atoms with E-state index in [2.05, 4.69) is 37.9 Å². The van der Waals surface area contributed by atoms with Crippen molar-refractivity contribution >= 4 is 42.6 Å². The van der Waals surface area contributed by atoms with Crippen molar-refractivity contribution in [2.75, 3.05) is 0 Å². The summed E-state index contributed by atoms with van der Waals surface area (Å²) >= 11 is 6.94. The lowest BCUT2D eigenvalue weighted by molar-refractivity contribution is 0.479. The number of hydrogen-bond acceptors (Lipinski definition) is 2. The molecule has 102 valence electrons. The van der Waals surface area contributed by atoms with E-state index in [1.165, 1.54) is 0 Å². The van der Waals surface area contributed by atoms with Gasteiger partial charge in [-0.2, -0.15) is 5.26 Å². The van der Waals surface area contributed by atoms with Crippen LogP contribution in [0.2, 0.25) is 0 Å². The zero-order chi connectivity index (χ0) is 14.8. The molecule has 0 aliphatic carbocycles. The highest BCUT2D eigenvalue weighted by molar-refractivity contribution is 9.11. The van der Waals surface area contributed by atoms with Crippen LogP contribution in [0.25, 0.3) is 10.8 Å². The summed E-state index contributed by atoms with van der Waals surface area (Å²) in [7, 11) is 0. The van der Waals surface area contributed by atoms with E-state index in [-0.39, 0.29) is 0 Å². The number of ether oxygens (including phenoxy) is 1. The Hall–Kier alpha value is -1.83. The summed E-state index contributed by atoms with van der Waals surface area (Å²) in [5, 5.41) is 11.4. The Morgan fingerprint density at radius 1 is 0.905 bits per heavy atom. The van der Waals surface area contributed by atoms with Crippen LogP contribution in [0.1, 0.15) is 5.56 Å². The Bertz CT molecular complexity index is 868. The molecule has 0 aromatic heterocycles. The minimum Gasteiger partial charge on any atom is -0.455 e. The summed E-state index contributed by atoms with van der Waals surface area (Å²) in [4.78, 5) is 0. The maximum Gasteiger partial charge on any atom is 0.145 e. The fourth-order valence-corrected chi connectivity index (χ4v) is 3.02. The summed E-state index contributed by atoms with van der Waals surface area (Å²) in [6.07, 6.45) is 0. The van der Waals surface area contributed by atoms with Crippen molar-refractivity contribution in [3.8, 4) is 17.6 Å². The number of hydrogen-bond donors (Lipinski definition) is 0. The predicted molar refractivity (Wildman–Crippen MR) is 90.6 cm³/mol. The lowest BCUT2D eigenvalue weighted by Crippen LogP contribution is -1.90. The maximum atomic E-state index is 9.20. The number of fused-ring (bicyclic) bond motifs is 1. The smallest absolute Gasteiger partial charge is 0.145 e. The van der Waals surface area contributed by atoms with Crippen molar-refractivity contribution in [3.05, 3.63) is 69.1 Å². The summed E-state index contributed by atoms with van der Waals surface area (Å²) in [6.45, 7) is 0. The Balaban J connectivity index is 2.07. The van der Waals surface area contributed by atoms with E-state index in [9.17, 15) is 5.26 Å². The second kappa shape index (κ2) is 5.88.